The van der Waals surface area contributed by atoms with Crippen molar-refractivity contribution < 1.29 is 0 Å². The molecule has 0 saturated heterocycles. The first-order valence-corrected chi connectivity index (χ1v) is 6.76. The van der Waals surface area contributed by atoms with E-state index < -0.39 is 0 Å². The van der Waals surface area contributed by atoms with E-state index in [2.05, 4.69) is 27.4 Å². The smallest absolute Gasteiger partial charge is 0.137 e. The lowest BCUT2D eigenvalue weighted by atomic mass is 10.2. The van der Waals surface area contributed by atoms with E-state index in [4.69, 9.17) is 0 Å². The van der Waals surface area contributed by atoms with Crippen molar-refractivity contribution in [2.45, 2.75) is 6.54 Å². The lowest BCUT2D eigenvalue weighted by molar-refractivity contribution is 0.670. The van der Waals surface area contributed by atoms with Crippen LogP contribution in [0.1, 0.15) is 5.56 Å². The molecule has 5 heteroatoms. The fraction of sp³-hybridized carbons (Fsp3) is 0.0625. The van der Waals surface area contributed by atoms with E-state index in [1.807, 2.05) is 51.8 Å². The van der Waals surface area contributed by atoms with Crippen LogP contribution in [0.25, 0.3) is 16.7 Å². The van der Waals surface area contributed by atoms with Gasteiger partial charge in [0.1, 0.15) is 5.52 Å². The monoisotopic (exact) mass is 275 g/mol. The van der Waals surface area contributed by atoms with Gasteiger partial charge in [-0.25, -0.2) is 9.67 Å². The van der Waals surface area contributed by atoms with Crippen LogP contribution in [0.4, 0.5) is 0 Å². The highest BCUT2D eigenvalue weighted by Crippen LogP contribution is 2.20. The summed E-state index contributed by atoms with van der Waals surface area (Å²) in [6, 6.07) is 16.3. The minimum atomic E-state index is 0.713. The van der Waals surface area contributed by atoms with Crippen molar-refractivity contribution in [3.63, 3.8) is 0 Å². The zero-order valence-electron chi connectivity index (χ0n) is 11.3. The van der Waals surface area contributed by atoms with Crippen LogP contribution in [-0.4, -0.2) is 24.5 Å². The summed E-state index contributed by atoms with van der Waals surface area (Å²) in [5.41, 5.74) is 4.10. The molecule has 102 valence electrons. The second-order valence-corrected chi connectivity index (χ2v) is 4.85. The first kappa shape index (κ1) is 11.8. The van der Waals surface area contributed by atoms with Gasteiger partial charge < -0.3 is 4.57 Å². The Morgan fingerprint density at radius 3 is 2.67 bits per heavy atom. The minimum absolute atomic E-state index is 0.713. The number of hydrogen-bond donors (Lipinski definition) is 0. The van der Waals surface area contributed by atoms with Crippen molar-refractivity contribution in [1.82, 2.24) is 24.5 Å². The Bertz CT molecular complexity index is 862. The molecular formula is C16H13N5. The van der Waals surface area contributed by atoms with E-state index in [0.29, 0.717) is 6.54 Å². The summed E-state index contributed by atoms with van der Waals surface area (Å²) in [7, 11) is 0. The molecule has 0 aliphatic carbocycles. The zero-order valence-corrected chi connectivity index (χ0v) is 11.3. The molecule has 0 aliphatic heterocycles. The fourth-order valence-corrected chi connectivity index (χ4v) is 2.46. The number of benzene rings is 2. The molecule has 2 aromatic heterocycles. The first-order chi connectivity index (χ1) is 10.4. The summed E-state index contributed by atoms with van der Waals surface area (Å²) in [4.78, 5) is 4.09. The van der Waals surface area contributed by atoms with E-state index in [1.54, 1.807) is 12.5 Å². The SMILES string of the molecule is c1ccc(Cn2nnc3c(-n4ccnc4)cccc32)cc1. The molecule has 21 heavy (non-hydrogen) atoms. The Balaban J connectivity index is 1.81. The van der Waals surface area contributed by atoms with E-state index in [-0.39, 0.29) is 0 Å². The van der Waals surface area contributed by atoms with E-state index in [9.17, 15) is 0 Å². The minimum Gasteiger partial charge on any atom is -0.304 e. The van der Waals surface area contributed by atoms with Gasteiger partial charge >= 0.3 is 0 Å². The number of rotatable bonds is 3. The van der Waals surface area contributed by atoms with Gasteiger partial charge in [0.25, 0.3) is 0 Å². The molecule has 0 radical (unpaired) electrons. The Morgan fingerprint density at radius 1 is 0.952 bits per heavy atom. The zero-order chi connectivity index (χ0) is 14.1. The molecule has 4 aromatic rings. The van der Waals surface area contributed by atoms with Gasteiger partial charge in [0.15, 0.2) is 0 Å². The summed E-state index contributed by atoms with van der Waals surface area (Å²) < 4.78 is 3.87. The normalized spacial score (nSPS) is 11.0. The quantitative estimate of drug-likeness (QED) is 0.577. The Labute approximate surface area is 121 Å². The summed E-state index contributed by atoms with van der Waals surface area (Å²) in [6.07, 6.45) is 5.43. The molecule has 0 aliphatic rings. The average molecular weight is 275 g/mol. The Kier molecular flexibility index (Phi) is 2.74. The van der Waals surface area contributed by atoms with Crippen molar-refractivity contribution in [2.75, 3.05) is 0 Å². The Morgan fingerprint density at radius 2 is 1.86 bits per heavy atom. The van der Waals surface area contributed by atoms with Crippen molar-refractivity contribution in [3.8, 4) is 5.69 Å². The van der Waals surface area contributed by atoms with Crippen LogP contribution >= 0.6 is 0 Å². The molecule has 2 aromatic carbocycles. The van der Waals surface area contributed by atoms with Gasteiger partial charge in [-0.05, 0) is 17.7 Å². The van der Waals surface area contributed by atoms with E-state index in [1.165, 1.54) is 5.56 Å². The number of hydrogen-bond acceptors (Lipinski definition) is 3. The number of fused-ring (bicyclic) bond motifs is 1. The fourth-order valence-electron chi connectivity index (χ4n) is 2.46. The van der Waals surface area contributed by atoms with Crippen LogP contribution in [0.15, 0.2) is 67.3 Å². The van der Waals surface area contributed by atoms with Gasteiger partial charge in [0.05, 0.1) is 24.1 Å². The van der Waals surface area contributed by atoms with Gasteiger partial charge in [-0.1, -0.05) is 41.6 Å². The number of nitrogens with zero attached hydrogens (tertiary/aromatic N) is 5. The van der Waals surface area contributed by atoms with Crippen molar-refractivity contribution in [1.29, 1.82) is 0 Å². The molecule has 4 rings (SSSR count). The predicted octanol–water partition coefficient (Wildman–Crippen LogP) is 2.67. The lowest BCUT2D eigenvalue weighted by Crippen LogP contribution is -2.01. The van der Waals surface area contributed by atoms with Crippen LogP contribution < -0.4 is 0 Å². The maximum Gasteiger partial charge on any atom is 0.137 e. The van der Waals surface area contributed by atoms with Crippen LogP contribution in [0.5, 0.6) is 0 Å². The van der Waals surface area contributed by atoms with Crippen LogP contribution in [0.2, 0.25) is 0 Å². The third-order valence-corrected chi connectivity index (χ3v) is 3.48. The van der Waals surface area contributed by atoms with Gasteiger partial charge in [-0.2, -0.15) is 0 Å². The molecule has 0 bridgehead atoms. The molecule has 0 saturated carbocycles. The maximum atomic E-state index is 4.34. The number of imidazole rings is 1. The lowest BCUT2D eigenvalue weighted by Gasteiger charge is -2.04. The second-order valence-electron chi connectivity index (χ2n) is 4.85. The van der Waals surface area contributed by atoms with Gasteiger partial charge in [0, 0.05) is 12.4 Å². The van der Waals surface area contributed by atoms with Gasteiger partial charge in [0.2, 0.25) is 0 Å². The predicted molar refractivity (Wildman–Crippen MR) is 80.2 cm³/mol. The second kappa shape index (κ2) is 4.86. The Hall–Kier alpha value is -2.95. The number of aromatic nitrogens is 5. The molecule has 0 fully saturated rings. The third-order valence-electron chi connectivity index (χ3n) is 3.48. The first-order valence-electron chi connectivity index (χ1n) is 6.76. The molecular weight excluding hydrogens is 262 g/mol. The van der Waals surface area contributed by atoms with E-state index in [0.717, 1.165) is 16.7 Å². The van der Waals surface area contributed by atoms with Crippen molar-refractivity contribution in [2.24, 2.45) is 0 Å². The maximum absolute atomic E-state index is 4.34. The molecule has 0 unspecified atom stereocenters. The highest BCUT2D eigenvalue weighted by Gasteiger charge is 2.10. The highest BCUT2D eigenvalue weighted by molar-refractivity contribution is 5.83. The highest BCUT2D eigenvalue weighted by atomic mass is 15.4. The molecule has 0 atom stereocenters. The summed E-state index contributed by atoms with van der Waals surface area (Å²) in [5, 5.41) is 8.63. The summed E-state index contributed by atoms with van der Waals surface area (Å²) in [5.74, 6) is 0. The van der Waals surface area contributed by atoms with Gasteiger partial charge in [-0.15, -0.1) is 5.10 Å². The molecule has 0 N–H and O–H groups in total. The average Bonchev–Trinajstić information content (AvgIpc) is 3.18. The van der Waals surface area contributed by atoms with Crippen LogP contribution in [0.3, 0.4) is 0 Å². The molecule has 2 heterocycles. The summed E-state index contributed by atoms with van der Waals surface area (Å²) in [6.45, 7) is 0.713. The summed E-state index contributed by atoms with van der Waals surface area (Å²) >= 11 is 0. The molecule has 5 nitrogen and oxygen atoms in total. The molecule has 0 spiro atoms. The largest absolute Gasteiger partial charge is 0.304 e. The van der Waals surface area contributed by atoms with E-state index >= 15 is 0 Å². The topological polar surface area (TPSA) is 48.5 Å². The van der Waals surface area contributed by atoms with Crippen LogP contribution in [-0.2, 0) is 6.54 Å². The van der Waals surface area contributed by atoms with Crippen LogP contribution in [0, 0.1) is 0 Å². The standard InChI is InChI=1S/C16H13N5/c1-2-5-13(6-3-1)11-21-15-8-4-7-14(16(15)18-19-21)20-10-9-17-12-20/h1-10,12H,11H2. The third kappa shape index (κ3) is 2.08. The molecule has 0 amide bonds. The van der Waals surface area contributed by atoms with Gasteiger partial charge in [-0.3, -0.25) is 0 Å². The van der Waals surface area contributed by atoms with Crippen molar-refractivity contribution in [3.05, 3.63) is 72.8 Å². The van der Waals surface area contributed by atoms with Crippen molar-refractivity contribution >= 4 is 11.0 Å².